The molecule has 3 amide bonds. The van der Waals surface area contributed by atoms with E-state index in [1.54, 1.807) is 11.0 Å². The van der Waals surface area contributed by atoms with Gasteiger partial charge in [0.2, 0.25) is 5.91 Å². The van der Waals surface area contributed by atoms with Crippen molar-refractivity contribution in [2.75, 3.05) is 19.6 Å². The Kier molecular flexibility index (Phi) is 4.75. The minimum Gasteiger partial charge on any atom is -0.465 e. The number of halogens is 1. The zero-order valence-corrected chi connectivity index (χ0v) is 14.6. The second-order valence-electron chi connectivity index (χ2n) is 6.06. The number of carbonyl (C=O) groups excluding carboxylic acids is 2. The molecule has 2 heterocycles. The molecule has 24 heavy (non-hydrogen) atoms. The molecule has 8 heteroatoms. The molecule has 1 fully saturated rings. The summed E-state index contributed by atoms with van der Waals surface area (Å²) in [6.45, 7) is 1.30. The van der Waals surface area contributed by atoms with E-state index in [0.29, 0.717) is 31.5 Å². The summed E-state index contributed by atoms with van der Waals surface area (Å²) in [5.41, 5.74) is 1.61. The topological polar surface area (TPSA) is 90.0 Å². The number of benzene rings is 1. The molecule has 3 rings (SSSR count). The van der Waals surface area contributed by atoms with Crippen molar-refractivity contribution >= 4 is 33.8 Å². The molecule has 1 saturated heterocycles. The molecule has 128 valence electrons. The van der Waals surface area contributed by atoms with Crippen LogP contribution in [-0.2, 0) is 11.3 Å². The monoisotopic (exact) mass is 395 g/mol. The van der Waals surface area contributed by atoms with Crippen LogP contribution in [-0.4, -0.2) is 58.5 Å². The van der Waals surface area contributed by atoms with Crippen molar-refractivity contribution in [2.24, 2.45) is 0 Å². The number of carbonyl (C=O) groups is 3. The van der Waals surface area contributed by atoms with E-state index >= 15 is 0 Å². The molecular weight excluding hydrogens is 378 g/mol. The van der Waals surface area contributed by atoms with Crippen LogP contribution in [0.25, 0.3) is 0 Å². The molecule has 0 saturated carbocycles. The Morgan fingerprint density at radius 3 is 2.88 bits per heavy atom. The van der Waals surface area contributed by atoms with Gasteiger partial charge < -0.3 is 20.2 Å². The normalized spacial score (nSPS) is 19.4. The van der Waals surface area contributed by atoms with Crippen LogP contribution < -0.4 is 5.32 Å². The van der Waals surface area contributed by atoms with Crippen LogP contribution in [0.1, 0.15) is 28.8 Å². The highest BCUT2D eigenvalue weighted by Gasteiger charge is 2.29. The first-order valence-corrected chi connectivity index (χ1v) is 8.58. The highest BCUT2D eigenvalue weighted by molar-refractivity contribution is 9.10. The molecule has 2 N–H and O–H groups in total. The Morgan fingerprint density at radius 2 is 2.21 bits per heavy atom. The summed E-state index contributed by atoms with van der Waals surface area (Å²) in [5.74, 6) is -0.113. The van der Waals surface area contributed by atoms with Crippen LogP contribution in [0.3, 0.4) is 0 Å². The third-order valence-electron chi connectivity index (χ3n) is 4.38. The lowest BCUT2D eigenvalue weighted by atomic mass is 10.1. The smallest absolute Gasteiger partial charge is 0.407 e. The number of amides is 3. The first-order chi connectivity index (χ1) is 11.4. The van der Waals surface area contributed by atoms with Gasteiger partial charge in [-0.25, -0.2) is 4.79 Å². The Bertz CT molecular complexity index is 694. The molecular formula is C16H18BrN3O4. The molecule has 7 nitrogen and oxygen atoms in total. The number of rotatable bonds is 5. The summed E-state index contributed by atoms with van der Waals surface area (Å²) in [7, 11) is 0. The number of nitrogens with one attached hydrogen (secondary N) is 1. The molecule has 1 aromatic rings. The van der Waals surface area contributed by atoms with Gasteiger partial charge in [-0.05, 0) is 30.2 Å². The fourth-order valence-electron chi connectivity index (χ4n) is 3.12. The van der Waals surface area contributed by atoms with Gasteiger partial charge in [0, 0.05) is 48.7 Å². The van der Waals surface area contributed by atoms with Crippen LogP contribution in [0.15, 0.2) is 22.7 Å². The largest absolute Gasteiger partial charge is 0.465 e. The maximum Gasteiger partial charge on any atom is 0.407 e. The van der Waals surface area contributed by atoms with Gasteiger partial charge in [0.25, 0.3) is 5.91 Å². The van der Waals surface area contributed by atoms with Crippen LogP contribution in [0.4, 0.5) is 4.79 Å². The van der Waals surface area contributed by atoms with Gasteiger partial charge >= 0.3 is 6.09 Å². The molecule has 0 radical (unpaired) electrons. The number of hydrogen-bond acceptors (Lipinski definition) is 3. The quantitative estimate of drug-likeness (QED) is 0.793. The van der Waals surface area contributed by atoms with Crippen molar-refractivity contribution in [2.45, 2.75) is 25.4 Å². The standard InChI is InChI=1S/C16H18BrN3O4/c17-11-1-3-13-10(7-11)8-19(15(13)22)5-6-20(16(23)24)9-12-2-4-14(21)18-12/h1,3,7,12H,2,4-6,8-9H2,(H,18,21)(H,23,24). The van der Waals surface area contributed by atoms with Gasteiger partial charge in [-0.3, -0.25) is 9.59 Å². The summed E-state index contributed by atoms with van der Waals surface area (Å²) >= 11 is 3.39. The van der Waals surface area contributed by atoms with Crippen molar-refractivity contribution < 1.29 is 19.5 Å². The SMILES string of the molecule is O=C1CCC(CN(CCN2Cc3cc(Br)ccc3C2=O)C(=O)O)N1. The van der Waals surface area contributed by atoms with Gasteiger partial charge in [-0.15, -0.1) is 0 Å². The summed E-state index contributed by atoms with van der Waals surface area (Å²) in [6, 6.07) is 5.38. The van der Waals surface area contributed by atoms with E-state index in [-0.39, 0.29) is 30.9 Å². The fraction of sp³-hybridized carbons (Fsp3) is 0.438. The lowest BCUT2D eigenvalue weighted by Crippen LogP contribution is -2.44. The molecule has 2 aliphatic heterocycles. The van der Waals surface area contributed by atoms with Crippen LogP contribution in [0.5, 0.6) is 0 Å². The van der Waals surface area contributed by atoms with E-state index < -0.39 is 6.09 Å². The van der Waals surface area contributed by atoms with Gasteiger partial charge in [-0.2, -0.15) is 0 Å². The number of fused-ring (bicyclic) bond motifs is 1. The number of carboxylic acid groups (broad SMARTS) is 1. The number of hydrogen-bond donors (Lipinski definition) is 2. The van der Waals surface area contributed by atoms with Crippen LogP contribution >= 0.6 is 15.9 Å². The van der Waals surface area contributed by atoms with Crippen LogP contribution in [0.2, 0.25) is 0 Å². The molecule has 0 aromatic heterocycles. The number of nitrogens with zero attached hydrogens (tertiary/aromatic N) is 2. The lowest BCUT2D eigenvalue weighted by Gasteiger charge is -2.25. The second-order valence-corrected chi connectivity index (χ2v) is 6.98. The highest BCUT2D eigenvalue weighted by Crippen LogP contribution is 2.25. The van der Waals surface area contributed by atoms with Gasteiger partial charge in [0.05, 0.1) is 0 Å². The maximum absolute atomic E-state index is 12.4. The average Bonchev–Trinajstić information content (AvgIpc) is 3.07. The van der Waals surface area contributed by atoms with E-state index in [1.165, 1.54) is 4.90 Å². The minimum absolute atomic E-state index is 0.0407. The highest BCUT2D eigenvalue weighted by atomic mass is 79.9. The van der Waals surface area contributed by atoms with Crippen molar-refractivity contribution in [3.05, 3.63) is 33.8 Å². The molecule has 0 aliphatic carbocycles. The van der Waals surface area contributed by atoms with Crippen molar-refractivity contribution in [3.63, 3.8) is 0 Å². The first kappa shape index (κ1) is 16.8. The zero-order chi connectivity index (χ0) is 17.3. The summed E-state index contributed by atoms with van der Waals surface area (Å²) in [6.07, 6.45) is 0.0422. The van der Waals surface area contributed by atoms with Crippen molar-refractivity contribution in [1.29, 1.82) is 0 Å². The molecule has 2 aliphatic rings. The predicted octanol–water partition coefficient (Wildman–Crippen LogP) is 1.66. The third-order valence-corrected chi connectivity index (χ3v) is 4.88. The molecule has 1 atom stereocenters. The van der Waals surface area contributed by atoms with Gasteiger partial charge in [-0.1, -0.05) is 15.9 Å². The molecule has 1 unspecified atom stereocenters. The first-order valence-electron chi connectivity index (χ1n) is 7.79. The van der Waals surface area contributed by atoms with Crippen molar-refractivity contribution in [3.8, 4) is 0 Å². The molecule has 0 bridgehead atoms. The van der Waals surface area contributed by atoms with Crippen molar-refractivity contribution in [1.82, 2.24) is 15.1 Å². The Labute approximate surface area is 147 Å². The van der Waals surface area contributed by atoms with Gasteiger partial charge in [0.1, 0.15) is 0 Å². The third kappa shape index (κ3) is 3.53. The van der Waals surface area contributed by atoms with E-state index in [1.807, 2.05) is 12.1 Å². The van der Waals surface area contributed by atoms with E-state index in [2.05, 4.69) is 21.2 Å². The Hall–Kier alpha value is -2.09. The zero-order valence-electron chi connectivity index (χ0n) is 13.0. The minimum atomic E-state index is -1.04. The lowest BCUT2D eigenvalue weighted by molar-refractivity contribution is -0.119. The van der Waals surface area contributed by atoms with Gasteiger partial charge in [0.15, 0.2) is 0 Å². The second kappa shape index (κ2) is 6.80. The summed E-state index contributed by atoms with van der Waals surface area (Å²) in [5, 5.41) is 12.1. The van der Waals surface area contributed by atoms with E-state index in [0.717, 1.165) is 10.0 Å². The van der Waals surface area contributed by atoms with E-state index in [9.17, 15) is 19.5 Å². The van der Waals surface area contributed by atoms with Crippen LogP contribution in [0, 0.1) is 0 Å². The Morgan fingerprint density at radius 1 is 1.42 bits per heavy atom. The predicted molar refractivity (Wildman–Crippen MR) is 89.6 cm³/mol. The Balaban J connectivity index is 1.58. The molecule has 1 aromatic carbocycles. The summed E-state index contributed by atoms with van der Waals surface area (Å²) in [4.78, 5) is 37.9. The van der Waals surface area contributed by atoms with E-state index in [4.69, 9.17) is 0 Å². The molecule has 0 spiro atoms. The average molecular weight is 396 g/mol. The maximum atomic E-state index is 12.4. The fourth-order valence-corrected chi connectivity index (χ4v) is 3.53. The summed E-state index contributed by atoms with van der Waals surface area (Å²) < 4.78 is 0.917.